The summed E-state index contributed by atoms with van der Waals surface area (Å²) in [5, 5.41) is 0. The van der Waals surface area contributed by atoms with E-state index in [0.717, 1.165) is 18.4 Å². The van der Waals surface area contributed by atoms with Gasteiger partial charge in [0.15, 0.2) is 0 Å². The van der Waals surface area contributed by atoms with Gasteiger partial charge >= 0.3 is 6.03 Å². The van der Waals surface area contributed by atoms with Gasteiger partial charge < -0.3 is 10.6 Å². The van der Waals surface area contributed by atoms with E-state index in [-0.39, 0.29) is 18.0 Å². The lowest BCUT2D eigenvalue weighted by atomic mass is 10.1. The molecule has 5 nitrogen and oxygen atoms in total. The Hall–Kier alpha value is -2.04. The molecule has 18 heavy (non-hydrogen) atoms. The molecule has 3 amide bonds. The van der Waals surface area contributed by atoms with Crippen molar-refractivity contribution in [2.75, 3.05) is 17.2 Å². The number of anilines is 2. The number of nitrogens with two attached hydrogens (primary N) is 1. The molecular weight excluding hydrogens is 230 g/mol. The molecule has 2 heterocycles. The van der Waals surface area contributed by atoms with Crippen molar-refractivity contribution in [3.8, 4) is 0 Å². The molecular formula is C13H15N3O2. The first-order chi connectivity index (χ1) is 8.59. The van der Waals surface area contributed by atoms with E-state index < -0.39 is 0 Å². The van der Waals surface area contributed by atoms with Crippen LogP contribution < -0.4 is 10.6 Å². The zero-order valence-corrected chi connectivity index (χ0v) is 10.2. The quantitative estimate of drug-likeness (QED) is 0.602. The molecule has 2 fully saturated rings. The van der Waals surface area contributed by atoms with Crippen LogP contribution >= 0.6 is 0 Å². The fourth-order valence-corrected chi connectivity index (χ4v) is 2.71. The summed E-state index contributed by atoms with van der Waals surface area (Å²) in [5.41, 5.74) is 7.79. The minimum Gasteiger partial charge on any atom is -0.399 e. The Bertz CT molecular complexity index is 519. The van der Waals surface area contributed by atoms with Crippen molar-refractivity contribution in [1.82, 2.24) is 4.90 Å². The smallest absolute Gasteiger partial charge is 0.332 e. The van der Waals surface area contributed by atoms with E-state index in [4.69, 9.17) is 5.73 Å². The van der Waals surface area contributed by atoms with E-state index in [1.807, 2.05) is 13.0 Å². The normalized spacial score (nSPS) is 22.8. The zero-order chi connectivity index (χ0) is 12.9. The van der Waals surface area contributed by atoms with Gasteiger partial charge in [-0.3, -0.25) is 4.79 Å². The number of nitrogen functional groups attached to an aromatic ring is 1. The lowest BCUT2D eigenvalue weighted by Crippen LogP contribution is -2.33. The summed E-state index contributed by atoms with van der Waals surface area (Å²) in [6.45, 7) is 2.55. The van der Waals surface area contributed by atoms with E-state index in [1.54, 1.807) is 17.0 Å². The molecule has 2 saturated heterocycles. The fourth-order valence-electron chi connectivity index (χ4n) is 2.71. The Kier molecular flexibility index (Phi) is 2.29. The molecule has 0 aliphatic carbocycles. The third kappa shape index (κ3) is 1.40. The molecule has 1 aromatic rings. The summed E-state index contributed by atoms with van der Waals surface area (Å²) < 4.78 is 0. The second kappa shape index (κ2) is 3.73. The van der Waals surface area contributed by atoms with Crippen LogP contribution in [-0.4, -0.2) is 29.4 Å². The van der Waals surface area contributed by atoms with Crippen molar-refractivity contribution in [2.24, 2.45) is 0 Å². The van der Waals surface area contributed by atoms with Crippen LogP contribution in [0.25, 0.3) is 0 Å². The maximum atomic E-state index is 12.3. The summed E-state index contributed by atoms with van der Waals surface area (Å²) in [6.07, 6.45) is 1.67. The van der Waals surface area contributed by atoms with Crippen LogP contribution in [0.2, 0.25) is 0 Å². The number of benzene rings is 1. The van der Waals surface area contributed by atoms with E-state index in [9.17, 15) is 9.59 Å². The lowest BCUT2D eigenvalue weighted by molar-refractivity contribution is -0.119. The molecule has 2 N–H and O–H groups in total. The first-order valence-corrected chi connectivity index (χ1v) is 6.10. The molecule has 1 atom stereocenters. The van der Waals surface area contributed by atoms with Crippen molar-refractivity contribution < 1.29 is 9.59 Å². The Labute approximate surface area is 105 Å². The van der Waals surface area contributed by atoms with Gasteiger partial charge in [0.2, 0.25) is 0 Å². The number of hydrogen-bond donors (Lipinski definition) is 1. The highest BCUT2D eigenvalue weighted by Gasteiger charge is 2.48. The monoisotopic (exact) mass is 245 g/mol. The van der Waals surface area contributed by atoms with E-state index in [1.165, 1.54) is 4.90 Å². The standard InChI is InChI=1S/C13H15N3O2/c1-8-4-5-9(14)7-11(8)16-12(17)10-3-2-6-15(10)13(16)18/h4-5,7,10H,2-3,6,14H2,1H3. The number of rotatable bonds is 1. The van der Waals surface area contributed by atoms with Crippen LogP contribution in [0.15, 0.2) is 18.2 Å². The molecule has 0 spiro atoms. The Morgan fingerprint density at radius 3 is 2.83 bits per heavy atom. The molecule has 5 heteroatoms. The summed E-state index contributed by atoms with van der Waals surface area (Å²) in [7, 11) is 0. The third-order valence-electron chi connectivity index (χ3n) is 3.67. The Balaban J connectivity index is 2.05. The second-order valence-electron chi connectivity index (χ2n) is 4.85. The van der Waals surface area contributed by atoms with Gasteiger partial charge in [-0.15, -0.1) is 0 Å². The topological polar surface area (TPSA) is 66.6 Å². The number of urea groups is 1. The van der Waals surface area contributed by atoms with Gasteiger partial charge in [-0.1, -0.05) is 6.07 Å². The highest BCUT2D eigenvalue weighted by molar-refractivity contribution is 6.22. The van der Waals surface area contributed by atoms with Crippen molar-refractivity contribution in [1.29, 1.82) is 0 Å². The maximum absolute atomic E-state index is 12.3. The maximum Gasteiger partial charge on any atom is 0.332 e. The minimum atomic E-state index is -0.265. The highest BCUT2D eigenvalue weighted by atomic mass is 16.2. The third-order valence-corrected chi connectivity index (χ3v) is 3.67. The molecule has 0 bridgehead atoms. The number of nitrogens with zero attached hydrogens (tertiary/aromatic N) is 2. The summed E-state index contributed by atoms with van der Waals surface area (Å²) >= 11 is 0. The number of fused-ring (bicyclic) bond motifs is 1. The molecule has 2 aliphatic heterocycles. The molecule has 0 saturated carbocycles. The molecule has 94 valence electrons. The summed E-state index contributed by atoms with van der Waals surface area (Å²) in [5.74, 6) is -0.119. The molecule has 0 radical (unpaired) electrons. The number of imide groups is 1. The van der Waals surface area contributed by atoms with E-state index in [2.05, 4.69) is 0 Å². The average molecular weight is 245 g/mol. The van der Waals surface area contributed by atoms with Crippen molar-refractivity contribution in [2.45, 2.75) is 25.8 Å². The zero-order valence-electron chi connectivity index (χ0n) is 10.2. The number of hydrogen-bond acceptors (Lipinski definition) is 3. The van der Waals surface area contributed by atoms with Gasteiger partial charge in [0, 0.05) is 12.2 Å². The van der Waals surface area contributed by atoms with Crippen LogP contribution in [0.4, 0.5) is 16.2 Å². The van der Waals surface area contributed by atoms with Gasteiger partial charge in [0.25, 0.3) is 5.91 Å². The van der Waals surface area contributed by atoms with Gasteiger partial charge in [-0.2, -0.15) is 0 Å². The predicted molar refractivity (Wildman–Crippen MR) is 68.2 cm³/mol. The van der Waals surface area contributed by atoms with Gasteiger partial charge in [0.05, 0.1) is 5.69 Å². The average Bonchev–Trinajstić information content (AvgIpc) is 2.89. The number of carbonyl (C=O) groups excluding carboxylic acids is 2. The fraction of sp³-hybridized carbons (Fsp3) is 0.385. The molecule has 0 aromatic heterocycles. The first-order valence-electron chi connectivity index (χ1n) is 6.10. The Morgan fingerprint density at radius 1 is 1.33 bits per heavy atom. The number of aryl methyl sites for hydroxylation is 1. The van der Waals surface area contributed by atoms with Gasteiger partial charge in [0.1, 0.15) is 6.04 Å². The predicted octanol–water partition coefficient (Wildman–Crippen LogP) is 1.51. The molecule has 1 unspecified atom stereocenters. The van der Waals surface area contributed by atoms with Crippen LogP contribution in [-0.2, 0) is 4.79 Å². The van der Waals surface area contributed by atoms with Crippen LogP contribution in [0.3, 0.4) is 0 Å². The number of amides is 3. The molecule has 3 rings (SSSR count). The largest absolute Gasteiger partial charge is 0.399 e. The van der Waals surface area contributed by atoms with Gasteiger partial charge in [-0.25, -0.2) is 9.69 Å². The highest BCUT2D eigenvalue weighted by Crippen LogP contribution is 2.33. The van der Waals surface area contributed by atoms with E-state index in [0.29, 0.717) is 17.9 Å². The first kappa shape index (κ1) is 11.1. The SMILES string of the molecule is Cc1ccc(N)cc1N1C(=O)C2CCCN2C1=O. The van der Waals surface area contributed by atoms with Crippen molar-refractivity contribution in [3.05, 3.63) is 23.8 Å². The second-order valence-corrected chi connectivity index (χ2v) is 4.85. The van der Waals surface area contributed by atoms with Crippen molar-refractivity contribution >= 4 is 23.3 Å². The lowest BCUT2D eigenvalue weighted by Gasteiger charge is -2.18. The van der Waals surface area contributed by atoms with Crippen molar-refractivity contribution in [3.63, 3.8) is 0 Å². The van der Waals surface area contributed by atoms with E-state index >= 15 is 0 Å². The van der Waals surface area contributed by atoms with Crippen LogP contribution in [0.1, 0.15) is 18.4 Å². The van der Waals surface area contributed by atoms with Crippen LogP contribution in [0, 0.1) is 6.92 Å². The summed E-state index contributed by atoms with van der Waals surface area (Å²) in [6, 6.07) is 4.81. The summed E-state index contributed by atoms with van der Waals surface area (Å²) in [4.78, 5) is 27.5. The Morgan fingerprint density at radius 2 is 2.11 bits per heavy atom. The number of carbonyl (C=O) groups is 2. The van der Waals surface area contributed by atoms with Gasteiger partial charge in [-0.05, 0) is 37.5 Å². The molecule has 1 aromatic carbocycles. The minimum absolute atomic E-state index is 0.119. The van der Waals surface area contributed by atoms with Crippen LogP contribution in [0.5, 0.6) is 0 Å². The molecule has 2 aliphatic rings.